The zero-order chi connectivity index (χ0) is 29.4. The molecule has 4 aromatic rings. The van der Waals surface area contributed by atoms with Crippen LogP contribution in [0.4, 0.5) is 0 Å². The second-order valence-corrected chi connectivity index (χ2v) is 11.9. The number of aromatic nitrogens is 1. The fraction of sp³-hybridized carbons (Fsp3) is 0.333. The first kappa shape index (κ1) is 29.2. The van der Waals surface area contributed by atoms with Crippen molar-refractivity contribution in [2.45, 2.75) is 65.5 Å². The lowest BCUT2D eigenvalue weighted by Gasteiger charge is -2.22. The molecule has 0 saturated heterocycles. The van der Waals surface area contributed by atoms with Gasteiger partial charge in [0.2, 0.25) is 0 Å². The van der Waals surface area contributed by atoms with Crippen LogP contribution in [0.3, 0.4) is 0 Å². The monoisotopic (exact) mass is 560 g/mol. The Morgan fingerprint density at radius 3 is 2.45 bits per heavy atom. The van der Waals surface area contributed by atoms with Gasteiger partial charge in [0.25, 0.3) is 5.91 Å². The summed E-state index contributed by atoms with van der Waals surface area (Å²) in [7, 11) is 1.99. The number of halogens is 1. The number of hydrogen-bond donors (Lipinski definition) is 2. The molecule has 0 aliphatic rings. The van der Waals surface area contributed by atoms with Crippen LogP contribution in [0.5, 0.6) is 5.75 Å². The summed E-state index contributed by atoms with van der Waals surface area (Å²) in [5.74, 6) is -0.838. The van der Waals surface area contributed by atoms with Crippen LogP contribution in [-0.2, 0) is 23.7 Å². The Balaban J connectivity index is 1.58. The highest BCUT2D eigenvalue weighted by atomic mass is 35.5. The fourth-order valence-electron chi connectivity index (χ4n) is 4.84. The van der Waals surface area contributed by atoms with Gasteiger partial charge in [-0.05, 0) is 79.1 Å². The SMILES string of the molecule is Cc1c(Cc2ccc(Cl)c(O[C@@H](C)C(=O)O)c2)c2ccc(C(=O)N[C@@H](C)c3cccc(C(C)(C)C)c3)cc2n1C. The summed E-state index contributed by atoms with van der Waals surface area (Å²) in [5, 5.41) is 13.8. The Hall–Kier alpha value is -3.77. The van der Waals surface area contributed by atoms with Crippen molar-refractivity contribution in [1.29, 1.82) is 0 Å². The van der Waals surface area contributed by atoms with Gasteiger partial charge in [0.1, 0.15) is 5.75 Å². The van der Waals surface area contributed by atoms with Gasteiger partial charge in [0, 0.05) is 29.2 Å². The van der Waals surface area contributed by atoms with Crippen molar-refractivity contribution in [2.75, 3.05) is 0 Å². The van der Waals surface area contributed by atoms with E-state index in [1.54, 1.807) is 12.1 Å². The number of carbonyl (C=O) groups excluding carboxylic acids is 1. The molecule has 40 heavy (non-hydrogen) atoms. The molecule has 0 bridgehead atoms. The van der Waals surface area contributed by atoms with Crippen LogP contribution in [0.15, 0.2) is 60.7 Å². The van der Waals surface area contributed by atoms with Gasteiger partial charge in [-0.2, -0.15) is 0 Å². The highest BCUT2D eigenvalue weighted by Gasteiger charge is 2.20. The second-order valence-electron chi connectivity index (χ2n) is 11.5. The minimum atomic E-state index is -1.06. The van der Waals surface area contributed by atoms with E-state index >= 15 is 0 Å². The number of amides is 1. The summed E-state index contributed by atoms with van der Waals surface area (Å²) in [6.07, 6.45) is -0.410. The molecule has 0 radical (unpaired) electrons. The van der Waals surface area contributed by atoms with E-state index in [2.05, 4.69) is 49.7 Å². The van der Waals surface area contributed by atoms with Crippen LogP contribution in [0.25, 0.3) is 10.9 Å². The Bertz CT molecular complexity index is 1580. The van der Waals surface area contributed by atoms with E-state index in [1.165, 1.54) is 12.5 Å². The number of benzene rings is 3. The van der Waals surface area contributed by atoms with Gasteiger partial charge in [-0.15, -0.1) is 0 Å². The molecule has 4 rings (SSSR count). The van der Waals surface area contributed by atoms with E-state index in [1.807, 2.05) is 50.4 Å². The van der Waals surface area contributed by atoms with Crippen molar-refractivity contribution in [1.82, 2.24) is 9.88 Å². The summed E-state index contributed by atoms with van der Waals surface area (Å²) in [5.41, 5.74) is 7.05. The Labute approximate surface area is 240 Å². The molecule has 1 heterocycles. The van der Waals surface area contributed by atoms with Crippen LogP contribution in [0.1, 0.15) is 79.0 Å². The minimum Gasteiger partial charge on any atom is -0.479 e. The molecule has 0 spiro atoms. The molecule has 0 aliphatic carbocycles. The Morgan fingerprint density at radius 2 is 1.77 bits per heavy atom. The van der Waals surface area contributed by atoms with Gasteiger partial charge < -0.3 is 19.7 Å². The highest BCUT2D eigenvalue weighted by Crippen LogP contribution is 2.32. The molecule has 0 fully saturated rings. The average Bonchev–Trinajstić information content (AvgIpc) is 3.14. The smallest absolute Gasteiger partial charge is 0.344 e. The summed E-state index contributed by atoms with van der Waals surface area (Å²) in [6, 6.07) is 19.5. The van der Waals surface area contributed by atoms with Gasteiger partial charge in [0.15, 0.2) is 6.10 Å². The zero-order valence-corrected chi connectivity index (χ0v) is 24.9. The number of aliphatic carboxylic acids is 1. The van der Waals surface area contributed by atoms with Crippen LogP contribution in [0, 0.1) is 6.92 Å². The number of nitrogens with zero attached hydrogens (tertiary/aromatic N) is 1. The van der Waals surface area contributed by atoms with Crippen molar-refractivity contribution in [3.63, 3.8) is 0 Å². The minimum absolute atomic E-state index is 0.0321. The van der Waals surface area contributed by atoms with Crippen molar-refractivity contribution in [3.05, 3.63) is 99.2 Å². The topological polar surface area (TPSA) is 80.6 Å². The molecule has 2 atom stereocenters. The number of rotatable bonds is 8. The number of fused-ring (bicyclic) bond motifs is 1. The first-order valence-corrected chi connectivity index (χ1v) is 13.8. The van der Waals surface area contributed by atoms with Crippen LogP contribution in [-0.4, -0.2) is 27.7 Å². The van der Waals surface area contributed by atoms with Crippen LogP contribution >= 0.6 is 11.6 Å². The van der Waals surface area contributed by atoms with Crippen molar-refractivity contribution in [2.24, 2.45) is 7.05 Å². The Morgan fingerprint density at radius 1 is 1.05 bits per heavy atom. The molecule has 0 unspecified atom stereocenters. The van der Waals surface area contributed by atoms with Gasteiger partial charge >= 0.3 is 5.97 Å². The highest BCUT2D eigenvalue weighted by molar-refractivity contribution is 6.32. The van der Waals surface area contributed by atoms with Crippen molar-refractivity contribution < 1.29 is 19.4 Å². The maximum Gasteiger partial charge on any atom is 0.344 e. The summed E-state index contributed by atoms with van der Waals surface area (Å²) in [4.78, 5) is 24.5. The first-order valence-electron chi connectivity index (χ1n) is 13.4. The van der Waals surface area contributed by atoms with Gasteiger partial charge in [-0.3, -0.25) is 4.79 Å². The number of carboxylic acids is 1. The summed E-state index contributed by atoms with van der Waals surface area (Å²) >= 11 is 6.27. The molecule has 6 nitrogen and oxygen atoms in total. The van der Waals surface area contributed by atoms with Crippen LogP contribution in [0.2, 0.25) is 5.02 Å². The van der Waals surface area contributed by atoms with E-state index < -0.39 is 12.1 Å². The first-order chi connectivity index (χ1) is 18.8. The summed E-state index contributed by atoms with van der Waals surface area (Å²) in [6.45, 7) is 12.1. The number of ether oxygens (including phenoxy) is 1. The van der Waals surface area contributed by atoms with Gasteiger partial charge in [-0.1, -0.05) is 68.8 Å². The lowest BCUT2D eigenvalue weighted by atomic mass is 9.85. The third-order valence-electron chi connectivity index (χ3n) is 7.51. The largest absolute Gasteiger partial charge is 0.479 e. The number of aryl methyl sites for hydroxylation is 1. The predicted octanol–water partition coefficient (Wildman–Crippen LogP) is 7.37. The lowest BCUT2D eigenvalue weighted by molar-refractivity contribution is -0.144. The lowest BCUT2D eigenvalue weighted by Crippen LogP contribution is -2.27. The number of nitrogens with one attached hydrogen (secondary N) is 1. The quantitative estimate of drug-likeness (QED) is 0.236. The van der Waals surface area contributed by atoms with Crippen LogP contribution < -0.4 is 10.1 Å². The zero-order valence-electron chi connectivity index (χ0n) is 24.1. The van der Waals surface area contributed by atoms with Crippen molar-refractivity contribution in [3.8, 4) is 5.75 Å². The molecule has 3 aromatic carbocycles. The molecule has 0 saturated carbocycles. The van der Waals surface area contributed by atoms with Gasteiger partial charge in [-0.25, -0.2) is 4.79 Å². The maximum atomic E-state index is 13.3. The molecular weight excluding hydrogens is 524 g/mol. The molecule has 210 valence electrons. The second kappa shape index (κ2) is 11.4. The Kier molecular flexibility index (Phi) is 8.31. The number of carboxylic acid groups (broad SMARTS) is 1. The molecule has 2 N–H and O–H groups in total. The third kappa shape index (κ3) is 6.18. The van der Waals surface area contributed by atoms with E-state index in [-0.39, 0.29) is 17.4 Å². The molecular formula is C33H37ClN2O4. The number of hydrogen-bond acceptors (Lipinski definition) is 3. The average molecular weight is 561 g/mol. The van der Waals surface area contributed by atoms with Crippen molar-refractivity contribution >= 4 is 34.4 Å². The molecule has 1 amide bonds. The molecule has 1 aromatic heterocycles. The third-order valence-corrected chi connectivity index (χ3v) is 7.83. The van der Waals surface area contributed by atoms with E-state index in [0.717, 1.165) is 33.3 Å². The number of carbonyl (C=O) groups is 2. The maximum absolute atomic E-state index is 13.3. The predicted molar refractivity (Wildman–Crippen MR) is 161 cm³/mol. The molecule has 0 aliphatic heterocycles. The molecule has 7 heteroatoms. The van der Waals surface area contributed by atoms with E-state index in [9.17, 15) is 14.7 Å². The fourth-order valence-corrected chi connectivity index (χ4v) is 5.00. The standard InChI is InChI=1S/C33H37ClN2O4/c1-19(23-9-8-10-25(17-23)33(4,5)6)35-31(37)24-12-13-26-27(20(2)36(7)29(26)18-24)15-22-11-14-28(34)30(16-22)40-21(3)32(38)39/h8-14,16-19,21H,15H2,1-7H3,(H,35,37)(H,38,39)/t19-,21-/m0/s1. The normalized spacial score (nSPS) is 13.2. The summed E-state index contributed by atoms with van der Waals surface area (Å²) < 4.78 is 7.65. The van der Waals surface area contributed by atoms with Gasteiger partial charge in [0.05, 0.1) is 11.1 Å². The van der Waals surface area contributed by atoms with E-state index in [4.69, 9.17) is 16.3 Å². The van der Waals surface area contributed by atoms with E-state index in [0.29, 0.717) is 22.8 Å².